The number of esters is 1. The van der Waals surface area contributed by atoms with Crippen molar-refractivity contribution in [3.05, 3.63) is 23.0 Å². The lowest BCUT2D eigenvalue weighted by atomic mass is 10.1. The Morgan fingerprint density at radius 1 is 1.54 bits per heavy atom. The summed E-state index contributed by atoms with van der Waals surface area (Å²) in [5, 5.41) is 0. The molecule has 0 aromatic heterocycles. The molecule has 1 aliphatic rings. The van der Waals surface area contributed by atoms with Crippen LogP contribution >= 0.6 is 0 Å². The molecule has 0 saturated carbocycles. The molecule has 0 radical (unpaired) electrons. The van der Waals surface area contributed by atoms with Gasteiger partial charge >= 0.3 is 5.97 Å². The largest absolute Gasteiger partial charge is 0.490 e. The maximum Gasteiger partial charge on any atom is 0.341 e. The third-order valence-electron chi connectivity index (χ3n) is 2.15. The van der Waals surface area contributed by atoms with Crippen LogP contribution in [-0.4, -0.2) is 19.2 Å². The summed E-state index contributed by atoms with van der Waals surface area (Å²) in [6, 6.07) is 0. The standard InChI is InChI=1S/C10H14O3/c1-6-5-9(10(11)12-4)8(3)13-7(6)2/h5,7H,1-4H3. The minimum Gasteiger partial charge on any atom is -0.490 e. The quantitative estimate of drug-likeness (QED) is 0.580. The van der Waals surface area contributed by atoms with Crippen molar-refractivity contribution in [2.75, 3.05) is 7.11 Å². The average molecular weight is 182 g/mol. The first-order valence-corrected chi connectivity index (χ1v) is 4.20. The number of hydrogen-bond donors (Lipinski definition) is 0. The smallest absolute Gasteiger partial charge is 0.341 e. The Hall–Kier alpha value is -1.25. The Morgan fingerprint density at radius 2 is 2.15 bits per heavy atom. The van der Waals surface area contributed by atoms with E-state index in [4.69, 9.17) is 4.74 Å². The number of methoxy groups -OCH3 is 1. The molecule has 1 unspecified atom stereocenters. The van der Waals surface area contributed by atoms with E-state index in [0.29, 0.717) is 11.3 Å². The van der Waals surface area contributed by atoms with Crippen molar-refractivity contribution in [2.45, 2.75) is 26.9 Å². The van der Waals surface area contributed by atoms with Gasteiger partial charge in [0.1, 0.15) is 11.9 Å². The molecule has 3 nitrogen and oxygen atoms in total. The highest BCUT2D eigenvalue weighted by Gasteiger charge is 2.20. The first-order valence-electron chi connectivity index (χ1n) is 4.20. The van der Waals surface area contributed by atoms with E-state index >= 15 is 0 Å². The Balaban J connectivity index is 2.97. The number of allylic oxidation sites excluding steroid dienone is 1. The number of carbonyl (C=O) groups is 1. The van der Waals surface area contributed by atoms with Gasteiger partial charge in [0, 0.05) is 0 Å². The summed E-state index contributed by atoms with van der Waals surface area (Å²) in [6.07, 6.45) is 1.86. The lowest BCUT2D eigenvalue weighted by Crippen LogP contribution is -2.18. The third-order valence-corrected chi connectivity index (χ3v) is 2.15. The molecule has 0 aliphatic carbocycles. The van der Waals surface area contributed by atoms with Gasteiger partial charge in [0.25, 0.3) is 0 Å². The fourth-order valence-corrected chi connectivity index (χ4v) is 1.18. The summed E-state index contributed by atoms with van der Waals surface area (Å²) in [4.78, 5) is 11.2. The van der Waals surface area contributed by atoms with Crippen LogP contribution in [0.3, 0.4) is 0 Å². The third kappa shape index (κ3) is 1.91. The summed E-state index contributed by atoms with van der Waals surface area (Å²) in [7, 11) is 1.36. The first kappa shape index (κ1) is 9.84. The molecule has 1 rings (SSSR count). The normalized spacial score (nSPS) is 22.2. The van der Waals surface area contributed by atoms with Crippen LogP contribution in [-0.2, 0) is 14.3 Å². The van der Waals surface area contributed by atoms with E-state index in [9.17, 15) is 4.79 Å². The Bertz CT molecular complexity index is 287. The van der Waals surface area contributed by atoms with Crippen LogP contribution in [0.15, 0.2) is 23.0 Å². The van der Waals surface area contributed by atoms with Crippen LogP contribution in [0.4, 0.5) is 0 Å². The first-order chi connectivity index (χ1) is 6.06. The molecule has 0 spiro atoms. The van der Waals surface area contributed by atoms with Crippen LogP contribution in [0.25, 0.3) is 0 Å². The zero-order valence-electron chi connectivity index (χ0n) is 8.38. The van der Waals surface area contributed by atoms with Gasteiger partial charge in [-0.2, -0.15) is 0 Å². The van der Waals surface area contributed by atoms with Crippen molar-refractivity contribution in [2.24, 2.45) is 0 Å². The SMILES string of the molecule is COC(=O)C1=C(C)OC(C)C(C)=C1. The molecule has 0 fully saturated rings. The van der Waals surface area contributed by atoms with Gasteiger partial charge in [0.05, 0.1) is 12.7 Å². The molecule has 1 heterocycles. The summed E-state index contributed by atoms with van der Waals surface area (Å²) in [5.41, 5.74) is 1.55. The number of ether oxygens (including phenoxy) is 2. The second-order valence-electron chi connectivity index (χ2n) is 3.11. The zero-order valence-corrected chi connectivity index (χ0v) is 8.38. The molecule has 72 valence electrons. The highest BCUT2D eigenvalue weighted by molar-refractivity contribution is 5.92. The number of rotatable bonds is 1. The van der Waals surface area contributed by atoms with E-state index in [-0.39, 0.29) is 12.1 Å². The van der Waals surface area contributed by atoms with Gasteiger partial charge in [-0.3, -0.25) is 0 Å². The second-order valence-corrected chi connectivity index (χ2v) is 3.11. The van der Waals surface area contributed by atoms with E-state index in [1.807, 2.05) is 19.9 Å². The van der Waals surface area contributed by atoms with Gasteiger partial charge in [-0.15, -0.1) is 0 Å². The summed E-state index contributed by atoms with van der Waals surface area (Å²) in [5.74, 6) is 0.286. The van der Waals surface area contributed by atoms with Crippen molar-refractivity contribution in [3.63, 3.8) is 0 Å². The van der Waals surface area contributed by atoms with Crippen LogP contribution in [0, 0.1) is 0 Å². The molecule has 0 amide bonds. The molecule has 1 atom stereocenters. The number of carbonyl (C=O) groups excluding carboxylic acids is 1. The molecular weight excluding hydrogens is 168 g/mol. The van der Waals surface area contributed by atoms with E-state index < -0.39 is 0 Å². The second kappa shape index (κ2) is 3.64. The van der Waals surface area contributed by atoms with Gasteiger partial charge in [-0.05, 0) is 32.4 Å². The maximum absolute atomic E-state index is 11.2. The van der Waals surface area contributed by atoms with E-state index in [1.165, 1.54) is 7.11 Å². The van der Waals surface area contributed by atoms with Crippen molar-refractivity contribution >= 4 is 5.97 Å². The van der Waals surface area contributed by atoms with Gasteiger partial charge in [0.15, 0.2) is 0 Å². The van der Waals surface area contributed by atoms with Crippen LogP contribution in [0.1, 0.15) is 20.8 Å². The Morgan fingerprint density at radius 3 is 2.69 bits per heavy atom. The highest BCUT2D eigenvalue weighted by Crippen LogP contribution is 2.22. The minimum atomic E-state index is -0.344. The van der Waals surface area contributed by atoms with Gasteiger partial charge in [0.2, 0.25) is 0 Å². The molecule has 0 saturated heterocycles. The fourth-order valence-electron chi connectivity index (χ4n) is 1.18. The van der Waals surface area contributed by atoms with Gasteiger partial charge in [-0.1, -0.05) is 0 Å². The molecule has 0 aromatic carbocycles. The summed E-state index contributed by atoms with van der Waals surface area (Å²) >= 11 is 0. The molecule has 3 heteroatoms. The van der Waals surface area contributed by atoms with Crippen molar-refractivity contribution in [3.8, 4) is 0 Å². The van der Waals surface area contributed by atoms with E-state index in [2.05, 4.69) is 4.74 Å². The van der Waals surface area contributed by atoms with Crippen LogP contribution < -0.4 is 0 Å². The fraction of sp³-hybridized carbons (Fsp3) is 0.500. The van der Waals surface area contributed by atoms with Crippen molar-refractivity contribution < 1.29 is 14.3 Å². The Kier molecular flexibility index (Phi) is 2.76. The van der Waals surface area contributed by atoms with Crippen LogP contribution in [0.5, 0.6) is 0 Å². The highest BCUT2D eigenvalue weighted by atomic mass is 16.5. The molecule has 13 heavy (non-hydrogen) atoms. The van der Waals surface area contributed by atoms with Gasteiger partial charge < -0.3 is 9.47 Å². The topological polar surface area (TPSA) is 35.5 Å². The monoisotopic (exact) mass is 182 g/mol. The molecule has 0 aromatic rings. The maximum atomic E-state index is 11.2. The minimum absolute atomic E-state index is 0.0495. The van der Waals surface area contributed by atoms with Crippen LogP contribution in [0.2, 0.25) is 0 Å². The van der Waals surface area contributed by atoms with E-state index in [0.717, 1.165) is 5.57 Å². The molecule has 0 N–H and O–H groups in total. The predicted octanol–water partition coefficient (Wildman–Crippen LogP) is 1.80. The molecule has 1 aliphatic heterocycles. The lowest BCUT2D eigenvalue weighted by molar-refractivity contribution is -0.136. The Labute approximate surface area is 78.0 Å². The zero-order chi connectivity index (χ0) is 10.0. The molecular formula is C10H14O3. The predicted molar refractivity (Wildman–Crippen MR) is 49.0 cm³/mol. The van der Waals surface area contributed by atoms with Crippen molar-refractivity contribution in [1.29, 1.82) is 0 Å². The van der Waals surface area contributed by atoms with Gasteiger partial charge in [-0.25, -0.2) is 4.79 Å². The molecule has 0 bridgehead atoms. The number of hydrogen-bond acceptors (Lipinski definition) is 3. The lowest BCUT2D eigenvalue weighted by Gasteiger charge is -2.22. The average Bonchev–Trinajstić information content (AvgIpc) is 2.10. The summed E-state index contributed by atoms with van der Waals surface area (Å²) < 4.78 is 10.1. The summed E-state index contributed by atoms with van der Waals surface area (Å²) in [6.45, 7) is 5.65. The van der Waals surface area contributed by atoms with E-state index in [1.54, 1.807) is 6.92 Å². The van der Waals surface area contributed by atoms with Crippen molar-refractivity contribution in [1.82, 2.24) is 0 Å².